The van der Waals surface area contributed by atoms with E-state index >= 15 is 0 Å². The first kappa shape index (κ1) is 16.5. The number of carbonyl (C=O) groups is 1. The highest BCUT2D eigenvalue weighted by atomic mass is 16.5. The van der Waals surface area contributed by atoms with Crippen molar-refractivity contribution in [2.75, 3.05) is 6.61 Å². The van der Waals surface area contributed by atoms with Gasteiger partial charge >= 0.3 is 5.97 Å². The van der Waals surface area contributed by atoms with Crippen LogP contribution in [0.25, 0.3) is 0 Å². The van der Waals surface area contributed by atoms with Crippen molar-refractivity contribution in [3.63, 3.8) is 0 Å². The van der Waals surface area contributed by atoms with E-state index in [0.717, 1.165) is 6.42 Å². The minimum Gasteiger partial charge on any atom is -0.466 e. The molecule has 0 amide bonds. The van der Waals surface area contributed by atoms with Crippen LogP contribution in [-0.4, -0.2) is 23.3 Å². The van der Waals surface area contributed by atoms with Gasteiger partial charge in [0, 0.05) is 0 Å². The van der Waals surface area contributed by atoms with Gasteiger partial charge in [-0.3, -0.25) is 4.79 Å². The van der Waals surface area contributed by atoms with E-state index in [2.05, 4.69) is 20.8 Å². The normalized spacial score (nSPS) is 32.1. The number of hydrogen-bond acceptors (Lipinski definition) is 3. The van der Waals surface area contributed by atoms with Crippen LogP contribution in [0, 0.1) is 23.2 Å². The van der Waals surface area contributed by atoms with Crippen LogP contribution in [0.2, 0.25) is 0 Å². The Hall–Kier alpha value is -0.570. The summed E-state index contributed by atoms with van der Waals surface area (Å²) in [4.78, 5) is 12.2. The van der Waals surface area contributed by atoms with Gasteiger partial charge in [0.25, 0.3) is 0 Å². The third-order valence-corrected chi connectivity index (χ3v) is 4.17. The van der Waals surface area contributed by atoms with E-state index in [4.69, 9.17) is 4.74 Å². The first-order valence-electron chi connectivity index (χ1n) is 7.50. The highest BCUT2D eigenvalue weighted by Crippen LogP contribution is 2.48. The van der Waals surface area contributed by atoms with Gasteiger partial charge in [-0.15, -0.1) is 0 Å². The molecule has 0 aromatic heterocycles. The van der Waals surface area contributed by atoms with Gasteiger partial charge in [0.2, 0.25) is 0 Å². The van der Waals surface area contributed by atoms with E-state index in [0.29, 0.717) is 25.4 Å². The Labute approximate surface area is 117 Å². The molecule has 1 N–H and O–H groups in total. The zero-order chi connectivity index (χ0) is 14.8. The molecule has 1 aliphatic carbocycles. The first-order chi connectivity index (χ1) is 8.61. The van der Waals surface area contributed by atoms with Crippen LogP contribution in [0.15, 0.2) is 0 Å². The smallest absolute Gasteiger partial charge is 0.312 e. The number of hydrogen-bond donors (Lipinski definition) is 1. The maximum absolute atomic E-state index is 12.2. The molecule has 0 heterocycles. The van der Waals surface area contributed by atoms with E-state index in [1.807, 2.05) is 20.8 Å². The summed E-state index contributed by atoms with van der Waals surface area (Å²) < 4.78 is 5.19. The van der Waals surface area contributed by atoms with E-state index in [9.17, 15) is 9.90 Å². The molecule has 0 saturated heterocycles. The minimum atomic E-state index is -0.929. The van der Waals surface area contributed by atoms with Crippen molar-refractivity contribution in [3.05, 3.63) is 0 Å². The third-order valence-electron chi connectivity index (χ3n) is 4.17. The van der Waals surface area contributed by atoms with Crippen molar-refractivity contribution in [2.24, 2.45) is 23.2 Å². The van der Waals surface area contributed by atoms with Crippen molar-refractivity contribution in [2.45, 2.75) is 66.4 Å². The van der Waals surface area contributed by atoms with Crippen LogP contribution in [0.1, 0.15) is 60.8 Å². The first-order valence-corrected chi connectivity index (χ1v) is 7.50. The van der Waals surface area contributed by atoms with Crippen molar-refractivity contribution >= 4 is 5.97 Å². The highest BCUT2D eigenvalue weighted by Gasteiger charge is 2.50. The molecule has 0 radical (unpaired) electrons. The summed E-state index contributed by atoms with van der Waals surface area (Å²) in [5.74, 6) is -0.144. The molecule has 1 fully saturated rings. The summed E-state index contributed by atoms with van der Waals surface area (Å²) in [6.45, 7) is 12.7. The van der Waals surface area contributed by atoms with E-state index < -0.39 is 11.5 Å². The van der Waals surface area contributed by atoms with Gasteiger partial charge in [-0.25, -0.2) is 0 Å². The van der Waals surface area contributed by atoms with Crippen molar-refractivity contribution in [1.29, 1.82) is 0 Å². The van der Waals surface area contributed by atoms with Gasteiger partial charge in [0.1, 0.15) is 0 Å². The minimum absolute atomic E-state index is 0.0754. The van der Waals surface area contributed by atoms with Crippen LogP contribution < -0.4 is 0 Å². The molecule has 3 atom stereocenters. The lowest BCUT2D eigenvalue weighted by atomic mass is 9.60. The topological polar surface area (TPSA) is 46.5 Å². The molecule has 1 rings (SSSR count). The van der Waals surface area contributed by atoms with Gasteiger partial charge in [-0.1, -0.05) is 34.6 Å². The van der Waals surface area contributed by atoms with Crippen LogP contribution in [0.5, 0.6) is 0 Å². The molecule has 0 spiro atoms. The lowest BCUT2D eigenvalue weighted by Gasteiger charge is -2.48. The molecule has 3 unspecified atom stereocenters. The monoisotopic (exact) mass is 270 g/mol. The highest BCUT2D eigenvalue weighted by molar-refractivity contribution is 5.74. The zero-order valence-corrected chi connectivity index (χ0v) is 13.3. The number of rotatable bonds is 4. The molecule has 3 heteroatoms. The predicted octanol–water partition coefficient (Wildman–Crippen LogP) is 3.40. The molecule has 0 aromatic rings. The second-order valence-electron chi connectivity index (χ2n) is 7.43. The molecular weight excluding hydrogens is 240 g/mol. The van der Waals surface area contributed by atoms with Crippen LogP contribution in [0.3, 0.4) is 0 Å². The fraction of sp³-hybridized carbons (Fsp3) is 0.938. The van der Waals surface area contributed by atoms with E-state index in [1.165, 1.54) is 0 Å². The Morgan fingerprint density at radius 1 is 1.37 bits per heavy atom. The molecule has 1 aliphatic rings. The number of esters is 1. The maximum atomic E-state index is 12.2. The van der Waals surface area contributed by atoms with Gasteiger partial charge in [-0.2, -0.15) is 0 Å². The summed E-state index contributed by atoms with van der Waals surface area (Å²) in [6, 6.07) is 0. The molecule has 112 valence electrons. The lowest BCUT2D eigenvalue weighted by Crippen LogP contribution is -2.52. The summed E-state index contributed by atoms with van der Waals surface area (Å²) in [6.07, 6.45) is 2.47. The largest absolute Gasteiger partial charge is 0.466 e. The van der Waals surface area contributed by atoms with Crippen LogP contribution in [-0.2, 0) is 9.53 Å². The SMILES string of the molecule is CCOC(=O)C(C(C)C)C1(O)CC(C)CC(C)(C)C1. The average Bonchev–Trinajstić information content (AvgIpc) is 2.11. The average molecular weight is 270 g/mol. The van der Waals surface area contributed by atoms with Crippen molar-refractivity contribution < 1.29 is 14.6 Å². The molecule has 3 nitrogen and oxygen atoms in total. The Morgan fingerprint density at radius 2 is 1.95 bits per heavy atom. The second kappa shape index (κ2) is 5.82. The molecule has 0 aromatic carbocycles. The Bertz CT molecular complexity index is 322. The van der Waals surface area contributed by atoms with Crippen molar-refractivity contribution in [1.82, 2.24) is 0 Å². The summed E-state index contributed by atoms with van der Waals surface area (Å²) in [5.41, 5.74) is -0.854. The molecule has 0 bridgehead atoms. The van der Waals surface area contributed by atoms with E-state index in [1.54, 1.807) is 0 Å². The second-order valence-corrected chi connectivity index (χ2v) is 7.43. The Balaban J connectivity index is 3.02. The molecular formula is C16H30O3. The van der Waals surface area contributed by atoms with Crippen LogP contribution >= 0.6 is 0 Å². The molecule has 19 heavy (non-hydrogen) atoms. The van der Waals surface area contributed by atoms with Gasteiger partial charge in [0.05, 0.1) is 18.1 Å². The number of aliphatic hydroxyl groups is 1. The summed E-state index contributed by atoms with van der Waals surface area (Å²) in [7, 11) is 0. The maximum Gasteiger partial charge on any atom is 0.312 e. The Morgan fingerprint density at radius 3 is 2.37 bits per heavy atom. The lowest BCUT2D eigenvalue weighted by molar-refractivity contribution is -0.171. The van der Waals surface area contributed by atoms with Gasteiger partial charge in [0.15, 0.2) is 0 Å². The van der Waals surface area contributed by atoms with Crippen LogP contribution in [0.4, 0.5) is 0 Å². The summed E-state index contributed by atoms with van der Waals surface area (Å²) >= 11 is 0. The standard InChI is InChI=1S/C16H30O3/c1-7-19-14(17)13(11(2)3)16(18)9-12(4)8-15(5,6)10-16/h11-13,18H,7-10H2,1-6H3. The Kier molecular flexibility index (Phi) is 5.05. The third kappa shape index (κ3) is 3.95. The molecule has 1 saturated carbocycles. The van der Waals surface area contributed by atoms with Crippen molar-refractivity contribution in [3.8, 4) is 0 Å². The molecule has 0 aliphatic heterocycles. The van der Waals surface area contributed by atoms with Gasteiger partial charge in [-0.05, 0) is 43.4 Å². The number of ether oxygens (including phenoxy) is 1. The number of carbonyl (C=O) groups excluding carboxylic acids is 1. The predicted molar refractivity (Wildman–Crippen MR) is 76.7 cm³/mol. The zero-order valence-electron chi connectivity index (χ0n) is 13.3. The fourth-order valence-electron chi connectivity index (χ4n) is 4.17. The van der Waals surface area contributed by atoms with E-state index in [-0.39, 0.29) is 17.3 Å². The summed E-state index contributed by atoms with van der Waals surface area (Å²) in [5, 5.41) is 11.1. The fourth-order valence-corrected chi connectivity index (χ4v) is 4.17. The quantitative estimate of drug-likeness (QED) is 0.796. The van der Waals surface area contributed by atoms with Gasteiger partial charge < -0.3 is 9.84 Å².